The second-order valence-corrected chi connectivity index (χ2v) is 5.38. The summed E-state index contributed by atoms with van der Waals surface area (Å²) in [6, 6.07) is 7.25. The van der Waals surface area contributed by atoms with Gasteiger partial charge in [-0.3, -0.25) is 4.79 Å². The highest BCUT2D eigenvalue weighted by Gasteiger charge is 2.23. The summed E-state index contributed by atoms with van der Waals surface area (Å²) < 4.78 is 0. The fourth-order valence-electron chi connectivity index (χ4n) is 2.77. The van der Waals surface area contributed by atoms with Gasteiger partial charge in [-0.05, 0) is 30.4 Å². The first kappa shape index (κ1) is 14.6. The number of hydrogen-bond acceptors (Lipinski definition) is 2. The molecule has 20 heavy (non-hydrogen) atoms. The minimum Gasteiger partial charge on any atom is -0.384 e. The van der Waals surface area contributed by atoms with Crippen LogP contribution in [0.25, 0.3) is 0 Å². The van der Waals surface area contributed by atoms with Crippen LogP contribution >= 0.6 is 0 Å². The van der Waals surface area contributed by atoms with Crippen molar-refractivity contribution in [2.75, 3.05) is 13.2 Å². The molecule has 0 saturated heterocycles. The molecule has 0 aliphatic heterocycles. The smallest absolute Gasteiger partial charge is 0.252 e. The predicted molar refractivity (Wildman–Crippen MR) is 79.2 cm³/mol. The lowest BCUT2D eigenvalue weighted by molar-refractivity contribution is 0.0944. The van der Waals surface area contributed by atoms with E-state index in [1.165, 1.54) is 19.3 Å². The Hall–Kier alpha value is -1.79. The number of carbonyl (C=O) groups is 1. The maximum absolute atomic E-state index is 12.3. The highest BCUT2D eigenvalue weighted by atomic mass is 16.2. The van der Waals surface area contributed by atoms with Crippen LogP contribution < -0.4 is 5.32 Å². The van der Waals surface area contributed by atoms with Gasteiger partial charge in [0, 0.05) is 12.1 Å². The zero-order chi connectivity index (χ0) is 14.4. The standard InChI is InChI=1S/C17H21NO2/c1-13-6-4-8-15(13)12-18-17(20)16-10-3-2-7-14(16)9-5-11-19/h2-3,7,10,13,15,19H,4,6,8,11-12H2,1H3,(H,18,20). The highest BCUT2D eigenvalue weighted by molar-refractivity contribution is 5.96. The average molecular weight is 271 g/mol. The monoisotopic (exact) mass is 271 g/mol. The normalized spacial score (nSPS) is 21.1. The number of aliphatic hydroxyl groups excluding tert-OH is 1. The molecule has 1 aromatic rings. The number of amides is 1. The Morgan fingerprint density at radius 3 is 2.90 bits per heavy atom. The Labute approximate surface area is 120 Å². The Balaban J connectivity index is 2.02. The minimum atomic E-state index is -0.199. The van der Waals surface area contributed by atoms with Crippen molar-refractivity contribution in [3.8, 4) is 11.8 Å². The Bertz CT molecular complexity index is 527. The van der Waals surface area contributed by atoms with E-state index in [0.717, 1.165) is 6.54 Å². The number of benzene rings is 1. The first-order valence-electron chi connectivity index (χ1n) is 7.19. The van der Waals surface area contributed by atoms with E-state index in [1.807, 2.05) is 12.1 Å². The summed E-state index contributed by atoms with van der Waals surface area (Å²) in [5, 5.41) is 11.8. The van der Waals surface area contributed by atoms with Crippen LogP contribution in [-0.2, 0) is 0 Å². The second-order valence-electron chi connectivity index (χ2n) is 5.38. The van der Waals surface area contributed by atoms with Crippen LogP contribution in [0.2, 0.25) is 0 Å². The first-order chi connectivity index (χ1) is 9.72. The summed E-state index contributed by atoms with van der Waals surface area (Å²) in [7, 11) is 0. The van der Waals surface area contributed by atoms with Crippen LogP contribution in [0, 0.1) is 23.7 Å². The highest BCUT2D eigenvalue weighted by Crippen LogP contribution is 2.30. The largest absolute Gasteiger partial charge is 0.384 e. The second kappa shape index (κ2) is 7.12. The quantitative estimate of drug-likeness (QED) is 0.828. The molecule has 106 valence electrons. The van der Waals surface area contributed by atoms with Crippen molar-refractivity contribution in [1.29, 1.82) is 0 Å². The van der Waals surface area contributed by atoms with Gasteiger partial charge in [-0.2, -0.15) is 0 Å². The van der Waals surface area contributed by atoms with Crippen LogP contribution in [0.5, 0.6) is 0 Å². The van der Waals surface area contributed by atoms with Gasteiger partial charge in [-0.15, -0.1) is 0 Å². The number of carbonyl (C=O) groups excluding carboxylic acids is 1. The third-order valence-electron chi connectivity index (χ3n) is 4.04. The fourth-order valence-corrected chi connectivity index (χ4v) is 2.77. The third kappa shape index (κ3) is 3.61. The van der Waals surface area contributed by atoms with Crippen LogP contribution in [0.3, 0.4) is 0 Å². The van der Waals surface area contributed by atoms with Gasteiger partial charge in [-0.25, -0.2) is 0 Å². The van der Waals surface area contributed by atoms with Crippen molar-refractivity contribution in [3.63, 3.8) is 0 Å². The van der Waals surface area contributed by atoms with Gasteiger partial charge in [0.05, 0.1) is 5.56 Å². The number of aliphatic hydroxyl groups is 1. The Morgan fingerprint density at radius 1 is 1.40 bits per heavy atom. The molecular weight excluding hydrogens is 250 g/mol. The minimum absolute atomic E-state index is 0.0769. The van der Waals surface area contributed by atoms with Crippen LogP contribution in [0.4, 0.5) is 0 Å². The summed E-state index contributed by atoms with van der Waals surface area (Å²) in [5.41, 5.74) is 1.25. The molecule has 0 aromatic heterocycles. The van der Waals surface area contributed by atoms with Crippen LogP contribution in [0.15, 0.2) is 24.3 Å². The predicted octanol–water partition coefficient (Wildman–Crippen LogP) is 2.20. The molecule has 2 rings (SSSR count). The molecule has 0 heterocycles. The summed E-state index contributed by atoms with van der Waals surface area (Å²) in [6.45, 7) is 2.79. The SMILES string of the molecule is CC1CCCC1CNC(=O)c1ccccc1C#CCO. The van der Waals surface area contributed by atoms with Gasteiger partial charge >= 0.3 is 0 Å². The molecule has 0 bridgehead atoms. The third-order valence-corrected chi connectivity index (χ3v) is 4.04. The number of rotatable bonds is 3. The van der Waals surface area contributed by atoms with Crippen LogP contribution in [0.1, 0.15) is 42.1 Å². The van der Waals surface area contributed by atoms with E-state index in [9.17, 15) is 4.79 Å². The lowest BCUT2D eigenvalue weighted by atomic mass is 9.98. The fraction of sp³-hybridized carbons (Fsp3) is 0.471. The Morgan fingerprint density at radius 2 is 2.20 bits per heavy atom. The first-order valence-corrected chi connectivity index (χ1v) is 7.19. The Kier molecular flexibility index (Phi) is 5.20. The zero-order valence-electron chi connectivity index (χ0n) is 11.9. The van der Waals surface area contributed by atoms with E-state index in [2.05, 4.69) is 24.1 Å². The van der Waals surface area contributed by atoms with Crippen molar-refractivity contribution in [3.05, 3.63) is 35.4 Å². The number of nitrogens with one attached hydrogen (secondary N) is 1. The van der Waals surface area contributed by atoms with Crippen molar-refractivity contribution in [2.45, 2.75) is 26.2 Å². The molecule has 2 atom stereocenters. The van der Waals surface area contributed by atoms with E-state index in [-0.39, 0.29) is 12.5 Å². The maximum atomic E-state index is 12.3. The summed E-state index contributed by atoms with van der Waals surface area (Å²) in [6.07, 6.45) is 3.73. The summed E-state index contributed by atoms with van der Waals surface area (Å²) >= 11 is 0. The van der Waals surface area contributed by atoms with Gasteiger partial charge < -0.3 is 10.4 Å². The van der Waals surface area contributed by atoms with Crippen LogP contribution in [-0.4, -0.2) is 24.2 Å². The molecule has 0 radical (unpaired) electrons. The molecule has 1 saturated carbocycles. The molecule has 1 fully saturated rings. The van der Waals surface area contributed by atoms with Gasteiger partial charge in [0.25, 0.3) is 5.91 Å². The van der Waals surface area contributed by atoms with Gasteiger partial charge in [0.2, 0.25) is 0 Å². The van der Waals surface area contributed by atoms with Crippen molar-refractivity contribution < 1.29 is 9.90 Å². The van der Waals surface area contributed by atoms with Gasteiger partial charge in [0.15, 0.2) is 0 Å². The molecule has 1 aliphatic carbocycles. The summed E-state index contributed by atoms with van der Waals surface area (Å²) in [5.74, 6) is 6.62. The molecule has 1 aliphatic rings. The zero-order valence-corrected chi connectivity index (χ0v) is 11.9. The molecule has 2 N–H and O–H groups in total. The molecule has 1 amide bonds. The van der Waals surface area contributed by atoms with Crippen molar-refractivity contribution in [2.24, 2.45) is 11.8 Å². The number of hydrogen-bond donors (Lipinski definition) is 2. The molecule has 0 spiro atoms. The van der Waals surface area contributed by atoms with Crippen molar-refractivity contribution >= 4 is 5.91 Å². The van der Waals surface area contributed by atoms with E-state index in [0.29, 0.717) is 23.0 Å². The van der Waals surface area contributed by atoms with Gasteiger partial charge in [-0.1, -0.05) is 43.7 Å². The average Bonchev–Trinajstić information content (AvgIpc) is 2.88. The topological polar surface area (TPSA) is 49.3 Å². The van der Waals surface area contributed by atoms with E-state index in [4.69, 9.17) is 5.11 Å². The van der Waals surface area contributed by atoms with E-state index in [1.54, 1.807) is 12.1 Å². The van der Waals surface area contributed by atoms with Gasteiger partial charge in [0.1, 0.15) is 6.61 Å². The molecule has 3 heteroatoms. The molecule has 3 nitrogen and oxygen atoms in total. The van der Waals surface area contributed by atoms with E-state index < -0.39 is 0 Å². The molecule has 2 unspecified atom stereocenters. The lowest BCUT2D eigenvalue weighted by Gasteiger charge is -2.16. The van der Waals surface area contributed by atoms with Crippen molar-refractivity contribution in [1.82, 2.24) is 5.32 Å². The maximum Gasteiger partial charge on any atom is 0.252 e. The van der Waals surface area contributed by atoms with E-state index >= 15 is 0 Å². The molecular formula is C17H21NO2. The summed E-state index contributed by atoms with van der Waals surface area (Å²) in [4.78, 5) is 12.3. The lowest BCUT2D eigenvalue weighted by Crippen LogP contribution is -2.30. The molecule has 1 aromatic carbocycles.